The van der Waals surface area contributed by atoms with Crippen molar-refractivity contribution in [3.8, 4) is 17.0 Å². The fraction of sp³-hybridized carbons (Fsp3) is 0.0500. The average molecular weight is 397 g/mol. The highest BCUT2D eigenvalue weighted by Gasteiger charge is 2.25. The SMILES string of the molecule is CN(C(=O)c1c(-c2ccc(O)c(F)c2)nc2ncccn12)c1ccc(Cl)cc1. The lowest BCUT2D eigenvalue weighted by atomic mass is 10.1. The minimum absolute atomic E-state index is 0.227. The molecule has 2 aromatic heterocycles. The predicted octanol–water partition coefficient (Wildman–Crippen LogP) is 4.17. The fourth-order valence-electron chi connectivity index (χ4n) is 2.89. The maximum Gasteiger partial charge on any atom is 0.277 e. The Labute approximate surface area is 164 Å². The second kappa shape index (κ2) is 6.94. The van der Waals surface area contributed by atoms with Gasteiger partial charge < -0.3 is 10.0 Å². The highest BCUT2D eigenvalue weighted by molar-refractivity contribution is 6.30. The standard InChI is InChI=1S/C20H14ClFN4O2/c1-25(14-6-4-13(21)5-7-14)19(28)18-17(12-3-8-16(27)15(22)11-12)24-20-23-9-2-10-26(18)20/h2-11,27H,1H3. The van der Waals surface area contributed by atoms with Gasteiger partial charge in [-0.1, -0.05) is 11.6 Å². The van der Waals surface area contributed by atoms with E-state index >= 15 is 0 Å². The summed E-state index contributed by atoms with van der Waals surface area (Å²) in [5.41, 5.74) is 1.48. The van der Waals surface area contributed by atoms with E-state index in [2.05, 4.69) is 9.97 Å². The molecule has 2 heterocycles. The van der Waals surface area contributed by atoms with Gasteiger partial charge in [-0.25, -0.2) is 14.4 Å². The summed E-state index contributed by atoms with van der Waals surface area (Å²) in [7, 11) is 1.63. The van der Waals surface area contributed by atoms with Crippen LogP contribution in [0.5, 0.6) is 5.75 Å². The molecule has 6 nitrogen and oxygen atoms in total. The molecule has 0 atom stereocenters. The zero-order chi connectivity index (χ0) is 19.8. The number of halogens is 2. The van der Waals surface area contributed by atoms with Crippen LogP contribution in [0.15, 0.2) is 60.9 Å². The lowest BCUT2D eigenvalue weighted by molar-refractivity contribution is 0.0988. The largest absolute Gasteiger partial charge is 0.505 e. The number of rotatable bonds is 3. The lowest BCUT2D eigenvalue weighted by Gasteiger charge is -2.18. The topological polar surface area (TPSA) is 70.7 Å². The van der Waals surface area contributed by atoms with Crippen LogP contribution in [0, 0.1) is 5.82 Å². The van der Waals surface area contributed by atoms with E-state index in [9.17, 15) is 14.3 Å². The Balaban J connectivity index is 1.88. The van der Waals surface area contributed by atoms with Crippen LogP contribution in [0.3, 0.4) is 0 Å². The Hall–Kier alpha value is -3.45. The number of carbonyl (C=O) groups excluding carboxylic acids is 1. The number of phenols is 1. The number of anilines is 1. The van der Waals surface area contributed by atoms with Crippen molar-refractivity contribution in [3.05, 3.63) is 77.5 Å². The van der Waals surface area contributed by atoms with E-state index in [0.717, 1.165) is 6.07 Å². The molecule has 0 saturated carbocycles. The number of fused-ring (bicyclic) bond motifs is 1. The van der Waals surface area contributed by atoms with Crippen molar-refractivity contribution in [1.29, 1.82) is 0 Å². The molecule has 8 heteroatoms. The molecule has 0 aliphatic carbocycles. The number of nitrogens with zero attached hydrogens (tertiary/aromatic N) is 4. The van der Waals surface area contributed by atoms with Crippen molar-refractivity contribution in [2.75, 3.05) is 11.9 Å². The summed E-state index contributed by atoms with van der Waals surface area (Å²) >= 11 is 5.92. The molecular formula is C20H14ClFN4O2. The van der Waals surface area contributed by atoms with Gasteiger partial charge in [0, 0.05) is 35.7 Å². The Morgan fingerprint density at radius 2 is 1.96 bits per heavy atom. The first kappa shape index (κ1) is 17.9. The fourth-order valence-corrected chi connectivity index (χ4v) is 3.01. The molecule has 28 heavy (non-hydrogen) atoms. The maximum absolute atomic E-state index is 13.9. The van der Waals surface area contributed by atoms with Gasteiger partial charge in [0.1, 0.15) is 11.4 Å². The minimum Gasteiger partial charge on any atom is -0.505 e. The Bertz CT molecular complexity index is 1190. The molecule has 0 bridgehead atoms. The molecule has 0 unspecified atom stereocenters. The van der Waals surface area contributed by atoms with Crippen LogP contribution in [-0.4, -0.2) is 32.4 Å². The van der Waals surface area contributed by atoms with Crippen molar-refractivity contribution >= 4 is 29.0 Å². The summed E-state index contributed by atoms with van der Waals surface area (Å²) in [4.78, 5) is 23.3. The third-order valence-corrected chi connectivity index (χ3v) is 4.60. The van der Waals surface area contributed by atoms with Gasteiger partial charge in [0.2, 0.25) is 5.78 Å². The second-order valence-electron chi connectivity index (χ2n) is 6.11. The number of benzene rings is 2. The van der Waals surface area contributed by atoms with Gasteiger partial charge in [0.05, 0.1) is 0 Å². The van der Waals surface area contributed by atoms with Crippen LogP contribution in [0.1, 0.15) is 10.5 Å². The number of hydrogen-bond acceptors (Lipinski definition) is 4. The van der Waals surface area contributed by atoms with E-state index in [1.165, 1.54) is 17.0 Å². The van der Waals surface area contributed by atoms with Crippen LogP contribution >= 0.6 is 11.6 Å². The first-order valence-electron chi connectivity index (χ1n) is 8.31. The number of carbonyl (C=O) groups is 1. The van der Waals surface area contributed by atoms with Gasteiger partial charge in [0.25, 0.3) is 5.91 Å². The highest BCUT2D eigenvalue weighted by Crippen LogP contribution is 2.29. The van der Waals surface area contributed by atoms with E-state index in [-0.39, 0.29) is 17.3 Å². The van der Waals surface area contributed by atoms with Gasteiger partial charge >= 0.3 is 0 Å². The third-order valence-electron chi connectivity index (χ3n) is 4.35. The summed E-state index contributed by atoms with van der Waals surface area (Å²) < 4.78 is 15.5. The first-order valence-corrected chi connectivity index (χ1v) is 8.69. The predicted molar refractivity (Wildman–Crippen MR) is 104 cm³/mol. The number of aromatic nitrogens is 3. The first-order chi connectivity index (χ1) is 13.5. The number of phenolic OH excluding ortho intramolecular Hbond substituents is 1. The zero-order valence-corrected chi connectivity index (χ0v) is 15.4. The van der Waals surface area contributed by atoms with Gasteiger partial charge in [0.15, 0.2) is 11.6 Å². The number of imidazole rings is 1. The minimum atomic E-state index is -0.799. The number of hydrogen-bond donors (Lipinski definition) is 1. The quantitative estimate of drug-likeness (QED) is 0.564. The summed E-state index contributed by atoms with van der Waals surface area (Å²) in [5, 5.41) is 10.0. The molecule has 2 aromatic carbocycles. The maximum atomic E-state index is 13.9. The highest BCUT2D eigenvalue weighted by atomic mass is 35.5. The van der Waals surface area contributed by atoms with Gasteiger partial charge in [-0.3, -0.25) is 9.20 Å². The molecule has 0 spiro atoms. The molecular weight excluding hydrogens is 383 g/mol. The normalized spacial score (nSPS) is 11.0. The van der Waals surface area contributed by atoms with Crippen molar-refractivity contribution < 1.29 is 14.3 Å². The second-order valence-corrected chi connectivity index (χ2v) is 6.54. The van der Waals surface area contributed by atoms with Crippen LogP contribution in [0.2, 0.25) is 5.02 Å². The van der Waals surface area contributed by atoms with Crippen molar-refractivity contribution in [2.45, 2.75) is 0 Å². The van der Waals surface area contributed by atoms with Crippen LogP contribution < -0.4 is 4.90 Å². The van der Waals surface area contributed by atoms with E-state index in [1.54, 1.807) is 54.2 Å². The van der Waals surface area contributed by atoms with Gasteiger partial charge in [-0.2, -0.15) is 0 Å². The molecule has 0 saturated heterocycles. The van der Waals surface area contributed by atoms with E-state index < -0.39 is 11.6 Å². The van der Waals surface area contributed by atoms with Gasteiger partial charge in [-0.15, -0.1) is 0 Å². The molecule has 0 aliphatic heterocycles. The van der Waals surface area contributed by atoms with Gasteiger partial charge in [-0.05, 0) is 48.5 Å². The molecule has 4 rings (SSSR count). The lowest BCUT2D eigenvalue weighted by Crippen LogP contribution is -2.28. The Morgan fingerprint density at radius 3 is 2.68 bits per heavy atom. The third kappa shape index (κ3) is 3.05. The average Bonchev–Trinajstić information content (AvgIpc) is 3.09. The van der Waals surface area contributed by atoms with Crippen LogP contribution in [-0.2, 0) is 0 Å². The van der Waals surface area contributed by atoms with E-state index in [4.69, 9.17) is 11.6 Å². The van der Waals surface area contributed by atoms with Crippen LogP contribution in [0.4, 0.5) is 10.1 Å². The molecule has 0 aliphatic rings. The van der Waals surface area contributed by atoms with Crippen molar-refractivity contribution in [3.63, 3.8) is 0 Å². The summed E-state index contributed by atoms with van der Waals surface area (Å²) in [6.07, 6.45) is 3.22. The summed E-state index contributed by atoms with van der Waals surface area (Å²) in [6, 6.07) is 12.4. The Morgan fingerprint density at radius 1 is 1.21 bits per heavy atom. The number of aromatic hydroxyl groups is 1. The smallest absolute Gasteiger partial charge is 0.277 e. The number of amides is 1. The monoisotopic (exact) mass is 396 g/mol. The molecule has 140 valence electrons. The molecule has 4 aromatic rings. The summed E-state index contributed by atoms with van der Waals surface area (Å²) in [5.74, 6) is -1.33. The molecule has 1 amide bonds. The van der Waals surface area contributed by atoms with E-state index in [1.807, 2.05) is 0 Å². The Kier molecular flexibility index (Phi) is 4.44. The molecule has 1 N–H and O–H groups in total. The zero-order valence-electron chi connectivity index (χ0n) is 14.7. The molecule has 0 radical (unpaired) electrons. The van der Waals surface area contributed by atoms with E-state index in [0.29, 0.717) is 22.1 Å². The van der Waals surface area contributed by atoms with Crippen molar-refractivity contribution in [2.24, 2.45) is 0 Å². The summed E-state index contributed by atoms with van der Waals surface area (Å²) in [6.45, 7) is 0. The van der Waals surface area contributed by atoms with Crippen LogP contribution in [0.25, 0.3) is 17.0 Å². The van der Waals surface area contributed by atoms with Crippen molar-refractivity contribution in [1.82, 2.24) is 14.4 Å². The molecule has 0 fully saturated rings.